The number of piperidine rings is 1. The Morgan fingerprint density at radius 3 is 2.66 bits per heavy atom. The molecular formula is C28H32ClF2N5O2. The number of H-pyrrole nitrogens is 1. The van der Waals surface area contributed by atoms with Crippen LogP contribution in [0, 0.1) is 24.0 Å². The Morgan fingerprint density at radius 1 is 1.24 bits per heavy atom. The van der Waals surface area contributed by atoms with Gasteiger partial charge in [0.25, 0.3) is 0 Å². The minimum atomic E-state index is -1.15. The van der Waals surface area contributed by atoms with Gasteiger partial charge in [0.05, 0.1) is 16.1 Å². The first-order valence-corrected chi connectivity index (χ1v) is 13.4. The van der Waals surface area contributed by atoms with Crippen molar-refractivity contribution in [3.63, 3.8) is 0 Å². The monoisotopic (exact) mass is 543 g/mol. The fourth-order valence-electron chi connectivity index (χ4n) is 6.07. The van der Waals surface area contributed by atoms with Gasteiger partial charge in [-0.25, -0.2) is 13.8 Å². The van der Waals surface area contributed by atoms with Crippen molar-refractivity contribution in [3.8, 4) is 0 Å². The Morgan fingerprint density at radius 2 is 2.03 bits per heavy atom. The van der Waals surface area contributed by atoms with Crippen molar-refractivity contribution in [2.75, 3.05) is 18.4 Å². The minimum absolute atomic E-state index is 0.0183. The molecule has 3 heterocycles. The molecule has 10 heteroatoms. The molecule has 0 spiro atoms. The molecule has 0 unspecified atom stereocenters. The second-order valence-corrected chi connectivity index (χ2v) is 11.4. The number of aryl methyl sites for hydroxylation is 1. The van der Waals surface area contributed by atoms with Crippen LogP contribution >= 0.6 is 11.6 Å². The van der Waals surface area contributed by atoms with Gasteiger partial charge < -0.3 is 10.4 Å². The molecule has 2 aliphatic rings. The van der Waals surface area contributed by atoms with Crippen molar-refractivity contribution in [3.05, 3.63) is 70.0 Å². The third-order valence-electron chi connectivity index (χ3n) is 8.37. The Hall–Kier alpha value is -3.04. The first kappa shape index (κ1) is 26.6. The van der Waals surface area contributed by atoms with Crippen LogP contribution < -0.4 is 5.32 Å². The van der Waals surface area contributed by atoms with Crippen molar-refractivity contribution < 1.29 is 18.7 Å². The maximum Gasteiger partial charge on any atom is 0.310 e. The zero-order chi connectivity index (χ0) is 27.1. The lowest BCUT2D eigenvalue weighted by molar-refractivity contribution is -0.153. The van der Waals surface area contributed by atoms with Crippen LogP contribution in [0.2, 0.25) is 5.02 Å². The van der Waals surface area contributed by atoms with Gasteiger partial charge in [0.2, 0.25) is 0 Å². The van der Waals surface area contributed by atoms with Gasteiger partial charge in [-0.3, -0.25) is 14.8 Å². The molecule has 1 saturated heterocycles. The average molecular weight is 544 g/mol. The van der Waals surface area contributed by atoms with Crippen molar-refractivity contribution in [2.24, 2.45) is 5.41 Å². The molecule has 3 N–H and O–H groups in total. The van der Waals surface area contributed by atoms with Crippen LogP contribution in [0.1, 0.15) is 56.0 Å². The molecule has 3 aromatic rings. The minimum Gasteiger partial charge on any atom is -0.481 e. The number of likely N-dealkylation sites (tertiary alicyclic amines) is 1. The smallest absolute Gasteiger partial charge is 0.310 e. The molecule has 0 amide bonds. The second-order valence-electron chi connectivity index (χ2n) is 11.0. The summed E-state index contributed by atoms with van der Waals surface area (Å²) in [5, 5.41) is 20.4. The lowest BCUT2D eigenvalue weighted by Gasteiger charge is -2.50. The van der Waals surface area contributed by atoms with Gasteiger partial charge in [-0.1, -0.05) is 30.2 Å². The molecule has 1 saturated carbocycles. The van der Waals surface area contributed by atoms with E-state index in [0.717, 1.165) is 25.0 Å². The standard InChI is InChI=1S/C28H32ClF2N5O2/c1-17-13-24(35-34-17)33-23-8-7-21(30)22(32-23)15-28(26(37)38)11-12-36(18(2)14-28)16-27(9-4-10-27)19-5-3-6-20(29)25(19)31/h3,5-8,13,18H,4,9-12,14-16H2,1-2H3,(H,37,38)(H2,32,33,34,35)/t18-,28-/m1/s1. The fourth-order valence-corrected chi connectivity index (χ4v) is 6.24. The van der Waals surface area contributed by atoms with Crippen molar-refractivity contribution in [1.82, 2.24) is 20.1 Å². The van der Waals surface area contributed by atoms with Gasteiger partial charge in [-0.2, -0.15) is 5.10 Å². The summed E-state index contributed by atoms with van der Waals surface area (Å²) >= 11 is 6.09. The van der Waals surface area contributed by atoms with E-state index in [0.29, 0.717) is 43.1 Å². The summed E-state index contributed by atoms with van der Waals surface area (Å²) in [5.41, 5.74) is 0.134. The topological polar surface area (TPSA) is 94.1 Å². The van der Waals surface area contributed by atoms with Crippen LogP contribution in [0.25, 0.3) is 0 Å². The lowest BCUT2D eigenvalue weighted by atomic mass is 9.63. The van der Waals surface area contributed by atoms with E-state index in [4.69, 9.17) is 11.6 Å². The number of rotatable bonds is 8. The van der Waals surface area contributed by atoms with E-state index in [1.807, 2.05) is 19.9 Å². The zero-order valence-corrected chi connectivity index (χ0v) is 22.3. The largest absolute Gasteiger partial charge is 0.481 e. The van der Waals surface area contributed by atoms with Gasteiger partial charge >= 0.3 is 5.97 Å². The first-order valence-electron chi connectivity index (χ1n) is 13.0. The number of carbonyl (C=O) groups is 1. The maximum atomic E-state index is 15.0. The average Bonchev–Trinajstić information content (AvgIpc) is 3.26. The molecule has 1 aromatic carbocycles. The summed E-state index contributed by atoms with van der Waals surface area (Å²) in [5.74, 6) is -0.906. The molecule has 7 nitrogen and oxygen atoms in total. The Bertz CT molecular complexity index is 1340. The number of halogens is 3. The van der Waals surface area contributed by atoms with Crippen LogP contribution in [0.15, 0.2) is 36.4 Å². The number of benzene rings is 1. The highest BCUT2D eigenvalue weighted by Gasteiger charge is 2.48. The fraction of sp³-hybridized carbons (Fsp3) is 0.464. The van der Waals surface area contributed by atoms with E-state index >= 15 is 0 Å². The first-order chi connectivity index (χ1) is 18.1. The molecular weight excluding hydrogens is 512 g/mol. The number of aromatic amines is 1. The Kier molecular flexibility index (Phi) is 7.17. The number of carboxylic acid groups (broad SMARTS) is 1. The summed E-state index contributed by atoms with van der Waals surface area (Å²) in [7, 11) is 0. The van der Waals surface area contributed by atoms with E-state index in [2.05, 4.69) is 25.4 Å². The number of nitrogens with one attached hydrogen (secondary N) is 2. The number of anilines is 2. The van der Waals surface area contributed by atoms with Crippen molar-refractivity contribution >= 4 is 29.2 Å². The van der Waals surface area contributed by atoms with E-state index in [1.165, 1.54) is 12.1 Å². The molecule has 5 rings (SSSR count). The molecule has 2 fully saturated rings. The highest BCUT2D eigenvalue weighted by Crippen LogP contribution is 2.48. The van der Waals surface area contributed by atoms with Crippen LogP contribution in [0.3, 0.4) is 0 Å². The zero-order valence-electron chi connectivity index (χ0n) is 21.5. The summed E-state index contributed by atoms with van der Waals surface area (Å²) in [6.07, 6.45) is 3.41. The van der Waals surface area contributed by atoms with Gasteiger partial charge in [0, 0.05) is 36.2 Å². The second kappa shape index (κ2) is 10.3. The van der Waals surface area contributed by atoms with E-state index in [-0.39, 0.29) is 34.4 Å². The lowest BCUT2D eigenvalue weighted by Crippen LogP contribution is -2.55. The maximum absolute atomic E-state index is 15.0. The number of carboxylic acids is 1. The number of pyridine rings is 1. The van der Waals surface area contributed by atoms with Crippen LogP contribution in [-0.4, -0.2) is 50.3 Å². The molecule has 38 heavy (non-hydrogen) atoms. The molecule has 0 radical (unpaired) electrons. The van der Waals surface area contributed by atoms with Crippen molar-refractivity contribution in [2.45, 2.75) is 63.8 Å². The molecule has 202 valence electrons. The summed E-state index contributed by atoms with van der Waals surface area (Å²) in [6, 6.07) is 9.68. The Balaban J connectivity index is 1.33. The Labute approximate surface area is 225 Å². The molecule has 2 atom stereocenters. The number of aromatic nitrogens is 3. The number of hydrogen-bond acceptors (Lipinski definition) is 5. The number of aliphatic carboxylic acids is 1. The van der Waals surface area contributed by atoms with Gasteiger partial charge in [0.1, 0.15) is 17.5 Å². The molecule has 2 aromatic heterocycles. The van der Waals surface area contributed by atoms with Crippen LogP contribution in [0.4, 0.5) is 20.4 Å². The predicted octanol–water partition coefficient (Wildman–Crippen LogP) is 6.01. The predicted molar refractivity (Wildman–Crippen MR) is 142 cm³/mol. The quantitative estimate of drug-likeness (QED) is 0.322. The summed E-state index contributed by atoms with van der Waals surface area (Å²) in [4.78, 5) is 19.3. The summed E-state index contributed by atoms with van der Waals surface area (Å²) < 4.78 is 29.8. The van der Waals surface area contributed by atoms with Crippen molar-refractivity contribution in [1.29, 1.82) is 0 Å². The van der Waals surface area contributed by atoms with Gasteiger partial charge in [0.15, 0.2) is 5.82 Å². The highest BCUT2D eigenvalue weighted by atomic mass is 35.5. The van der Waals surface area contributed by atoms with Crippen LogP contribution in [-0.2, 0) is 16.6 Å². The van der Waals surface area contributed by atoms with Gasteiger partial charge in [-0.05, 0) is 69.8 Å². The molecule has 1 aliphatic heterocycles. The highest BCUT2D eigenvalue weighted by molar-refractivity contribution is 6.30. The molecule has 1 aliphatic carbocycles. The van der Waals surface area contributed by atoms with E-state index < -0.39 is 17.2 Å². The van der Waals surface area contributed by atoms with E-state index in [1.54, 1.807) is 18.2 Å². The third-order valence-corrected chi connectivity index (χ3v) is 8.66. The normalized spacial score (nSPS) is 23.1. The van der Waals surface area contributed by atoms with Gasteiger partial charge in [-0.15, -0.1) is 0 Å². The third kappa shape index (κ3) is 5.01. The summed E-state index contributed by atoms with van der Waals surface area (Å²) in [6.45, 7) is 5.02. The number of hydrogen-bond donors (Lipinski definition) is 3. The number of nitrogens with zero attached hydrogens (tertiary/aromatic N) is 3. The molecule has 0 bridgehead atoms. The van der Waals surface area contributed by atoms with E-state index in [9.17, 15) is 18.7 Å². The SMILES string of the molecule is Cc1cc(Nc2ccc(F)c(C[C@@]3(C(=O)O)CCN(CC4(c5cccc(Cl)c5F)CCC4)[C@H](C)C3)n2)n[nH]1. The van der Waals surface area contributed by atoms with Crippen LogP contribution in [0.5, 0.6) is 0 Å².